The minimum absolute atomic E-state index is 0.297. The molecule has 2 aliphatic rings. The predicted octanol–water partition coefficient (Wildman–Crippen LogP) is 4.28. The summed E-state index contributed by atoms with van der Waals surface area (Å²) in [5.74, 6) is 1.30. The van der Waals surface area contributed by atoms with Crippen LogP contribution in [-0.4, -0.2) is 11.5 Å². The van der Waals surface area contributed by atoms with E-state index in [0.717, 1.165) is 11.3 Å². The van der Waals surface area contributed by atoms with E-state index in [2.05, 4.69) is 5.32 Å². The van der Waals surface area contributed by atoms with Crippen molar-refractivity contribution < 1.29 is 18.3 Å². The van der Waals surface area contributed by atoms with Gasteiger partial charge in [-0.2, -0.15) is 0 Å². The topological polar surface area (TPSA) is 51.5 Å². The Bertz CT molecular complexity index is 934. The maximum absolute atomic E-state index is 13.4. The second-order valence-corrected chi connectivity index (χ2v) is 6.46. The normalized spacial score (nSPS) is 21.3. The van der Waals surface area contributed by atoms with Gasteiger partial charge in [-0.1, -0.05) is 0 Å². The molecule has 0 bridgehead atoms. The summed E-state index contributed by atoms with van der Waals surface area (Å²) in [5, 5.41) is 2.68. The van der Waals surface area contributed by atoms with E-state index in [0.29, 0.717) is 28.3 Å². The van der Waals surface area contributed by atoms with Gasteiger partial charge in [-0.15, -0.1) is 0 Å². The second-order valence-electron chi connectivity index (χ2n) is 6.46. The van der Waals surface area contributed by atoms with Gasteiger partial charge in [-0.25, -0.2) is 4.39 Å². The first-order valence-electron chi connectivity index (χ1n) is 7.69. The van der Waals surface area contributed by atoms with Gasteiger partial charge in [0.05, 0.1) is 11.3 Å². The first-order valence-corrected chi connectivity index (χ1v) is 7.69. The van der Waals surface area contributed by atoms with Gasteiger partial charge >= 0.3 is 0 Å². The monoisotopic (exact) mass is 325 g/mol. The van der Waals surface area contributed by atoms with E-state index >= 15 is 0 Å². The molecule has 5 heteroatoms. The number of ether oxygens (including phenoxy) is 1. The fourth-order valence-corrected chi connectivity index (χ4v) is 3.12. The molecular formula is C19H16FNO3. The molecule has 1 amide bonds. The molecule has 122 valence electrons. The number of carbonyl (C=O) groups excluding carboxylic acids is 1. The van der Waals surface area contributed by atoms with Crippen LogP contribution in [0.15, 0.2) is 46.6 Å². The van der Waals surface area contributed by atoms with Crippen LogP contribution in [0.5, 0.6) is 0 Å². The van der Waals surface area contributed by atoms with Crippen molar-refractivity contribution in [2.45, 2.75) is 26.4 Å². The van der Waals surface area contributed by atoms with Crippen molar-refractivity contribution in [1.82, 2.24) is 0 Å². The van der Waals surface area contributed by atoms with Gasteiger partial charge in [0.2, 0.25) is 0 Å². The lowest BCUT2D eigenvalue weighted by atomic mass is 9.97. The largest absolute Gasteiger partial charge is 0.482 e. The SMILES string of the molecule is Cc1ccc(C2=CC(=C3C(=O)Nc4cc(F)ccc43)OC2(C)C)o1. The van der Waals surface area contributed by atoms with Gasteiger partial charge in [0, 0.05) is 11.1 Å². The number of benzene rings is 1. The molecule has 0 aliphatic carbocycles. The molecule has 4 nitrogen and oxygen atoms in total. The zero-order valence-corrected chi connectivity index (χ0v) is 13.6. The number of aryl methyl sites for hydroxylation is 1. The Morgan fingerprint density at radius 2 is 1.96 bits per heavy atom. The Hall–Kier alpha value is -2.82. The molecule has 0 radical (unpaired) electrons. The van der Waals surface area contributed by atoms with Gasteiger partial charge in [0.1, 0.15) is 28.7 Å². The van der Waals surface area contributed by atoms with E-state index in [1.807, 2.05) is 39.0 Å². The number of halogens is 1. The Balaban J connectivity index is 1.87. The third-order valence-electron chi connectivity index (χ3n) is 4.27. The van der Waals surface area contributed by atoms with Crippen molar-refractivity contribution >= 4 is 22.7 Å². The molecule has 1 aromatic carbocycles. The average Bonchev–Trinajstić information content (AvgIpc) is 3.13. The molecule has 3 heterocycles. The van der Waals surface area contributed by atoms with E-state index in [1.165, 1.54) is 12.1 Å². The van der Waals surface area contributed by atoms with Crippen LogP contribution in [0.25, 0.3) is 11.1 Å². The number of allylic oxidation sites excluding steroid dienone is 1. The smallest absolute Gasteiger partial charge is 0.260 e. The van der Waals surface area contributed by atoms with E-state index in [-0.39, 0.29) is 5.91 Å². The standard InChI is InChI=1S/C19H16FNO3/c1-10-4-7-15(23-10)13-9-16(24-19(13,2)3)17-12-6-5-11(20)8-14(12)21-18(17)22/h4-9H,1-3H3,(H,21,22). The van der Waals surface area contributed by atoms with Crippen LogP contribution in [0.4, 0.5) is 10.1 Å². The van der Waals surface area contributed by atoms with Crippen molar-refractivity contribution in [3.05, 3.63) is 65.1 Å². The number of nitrogens with one attached hydrogen (secondary N) is 1. The van der Waals surface area contributed by atoms with Gasteiger partial charge in [0.15, 0.2) is 0 Å². The summed E-state index contributed by atoms with van der Waals surface area (Å²) in [6.07, 6.45) is 1.83. The van der Waals surface area contributed by atoms with E-state index in [9.17, 15) is 9.18 Å². The zero-order valence-electron chi connectivity index (χ0n) is 13.6. The summed E-state index contributed by atoms with van der Waals surface area (Å²) in [4.78, 5) is 12.4. The van der Waals surface area contributed by atoms with Crippen molar-refractivity contribution in [2.24, 2.45) is 0 Å². The number of carbonyl (C=O) groups is 1. The number of rotatable bonds is 1. The van der Waals surface area contributed by atoms with Crippen molar-refractivity contribution in [1.29, 1.82) is 0 Å². The van der Waals surface area contributed by atoms with Gasteiger partial charge in [-0.05, 0) is 57.2 Å². The molecule has 0 unspecified atom stereocenters. The maximum atomic E-state index is 13.4. The first-order chi connectivity index (χ1) is 11.3. The average molecular weight is 325 g/mol. The van der Waals surface area contributed by atoms with Crippen LogP contribution in [0.2, 0.25) is 0 Å². The molecular weight excluding hydrogens is 309 g/mol. The van der Waals surface area contributed by atoms with Crippen molar-refractivity contribution in [3.63, 3.8) is 0 Å². The van der Waals surface area contributed by atoms with Crippen molar-refractivity contribution in [3.8, 4) is 0 Å². The number of hydrogen-bond acceptors (Lipinski definition) is 3. The third kappa shape index (κ3) is 2.16. The lowest BCUT2D eigenvalue weighted by Gasteiger charge is -2.22. The van der Waals surface area contributed by atoms with Crippen LogP contribution in [0.1, 0.15) is 30.9 Å². The lowest BCUT2D eigenvalue weighted by molar-refractivity contribution is -0.111. The minimum Gasteiger partial charge on any atom is -0.482 e. The molecule has 2 aliphatic heterocycles. The second kappa shape index (κ2) is 4.84. The van der Waals surface area contributed by atoms with E-state index in [1.54, 1.807) is 6.07 Å². The highest BCUT2D eigenvalue weighted by atomic mass is 19.1. The quantitative estimate of drug-likeness (QED) is 0.796. The molecule has 0 fully saturated rings. The number of amides is 1. The maximum Gasteiger partial charge on any atom is 0.260 e. The lowest BCUT2D eigenvalue weighted by Crippen LogP contribution is -2.21. The van der Waals surface area contributed by atoms with Gasteiger partial charge in [0.25, 0.3) is 5.91 Å². The molecule has 0 spiro atoms. The molecule has 4 rings (SSSR count). The Labute approximate surface area is 138 Å². The van der Waals surface area contributed by atoms with Crippen LogP contribution in [0, 0.1) is 12.7 Å². The number of hydrogen-bond donors (Lipinski definition) is 1. The van der Waals surface area contributed by atoms with Crippen LogP contribution in [0.3, 0.4) is 0 Å². The molecule has 0 saturated heterocycles. The highest BCUT2D eigenvalue weighted by Gasteiger charge is 2.39. The summed E-state index contributed by atoms with van der Waals surface area (Å²) in [6, 6.07) is 8.00. The van der Waals surface area contributed by atoms with E-state index in [4.69, 9.17) is 9.15 Å². The molecule has 2 aromatic rings. The fraction of sp³-hybridized carbons (Fsp3) is 0.211. The zero-order chi connectivity index (χ0) is 17.1. The molecule has 24 heavy (non-hydrogen) atoms. The fourth-order valence-electron chi connectivity index (χ4n) is 3.12. The van der Waals surface area contributed by atoms with Crippen LogP contribution >= 0.6 is 0 Å². The van der Waals surface area contributed by atoms with E-state index < -0.39 is 11.4 Å². The molecule has 0 atom stereocenters. The summed E-state index contributed by atoms with van der Waals surface area (Å²) < 4.78 is 25.1. The summed E-state index contributed by atoms with van der Waals surface area (Å²) in [7, 11) is 0. The van der Waals surface area contributed by atoms with Gasteiger partial charge in [-0.3, -0.25) is 4.79 Å². The van der Waals surface area contributed by atoms with Crippen molar-refractivity contribution in [2.75, 3.05) is 5.32 Å². The third-order valence-corrected chi connectivity index (χ3v) is 4.27. The van der Waals surface area contributed by atoms with Gasteiger partial charge < -0.3 is 14.5 Å². The van der Waals surface area contributed by atoms with Crippen LogP contribution < -0.4 is 5.32 Å². The first kappa shape index (κ1) is 14.8. The number of furan rings is 1. The summed E-state index contributed by atoms with van der Waals surface area (Å²) in [5.41, 5.74) is 1.74. The minimum atomic E-state index is -0.629. The predicted molar refractivity (Wildman–Crippen MR) is 88.5 cm³/mol. The highest BCUT2D eigenvalue weighted by Crippen LogP contribution is 2.44. The Morgan fingerprint density at radius 1 is 1.17 bits per heavy atom. The molecule has 1 N–H and O–H groups in total. The Kier molecular flexibility index (Phi) is 2.97. The number of anilines is 1. The molecule has 0 saturated carbocycles. The summed E-state index contributed by atoms with van der Waals surface area (Å²) >= 11 is 0. The summed E-state index contributed by atoms with van der Waals surface area (Å²) in [6.45, 7) is 5.72. The molecule has 1 aromatic heterocycles. The van der Waals surface area contributed by atoms with Crippen LogP contribution in [-0.2, 0) is 9.53 Å². The number of fused-ring (bicyclic) bond motifs is 1. The Morgan fingerprint density at radius 3 is 2.67 bits per heavy atom. The highest BCUT2D eigenvalue weighted by molar-refractivity contribution is 6.32.